The van der Waals surface area contributed by atoms with Gasteiger partial charge in [0.1, 0.15) is 0 Å². The Morgan fingerprint density at radius 3 is 2.79 bits per heavy atom. The highest BCUT2D eigenvalue weighted by atomic mass is 32.1. The van der Waals surface area contributed by atoms with E-state index in [1.807, 2.05) is 11.3 Å². The zero-order valence-corrected chi connectivity index (χ0v) is 10.1. The van der Waals surface area contributed by atoms with Gasteiger partial charge in [-0.15, -0.1) is 11.3 Å². The monoisotopic (exact) mass is 209 g/mol. The first kappa shape index (κ1) is 10.2. The summed E-state index contributed by atoms with van der Waals surface area (Å²) in [7, 11) is 0. The molecule has 14 heavy (non-hydrogen) atoms. The fourth-order valence-corrected chi connectivity index (χ4v) is 2.56. The molecular weight excluding hydrogens is 190 g/mol. The first-order chi connectivity index (χ1) is 6.62. The Kier molecular flexibility index (Phi) is 2.67. The molecule has 1 N–H and O–H groups in total. The molecule has 1 fully saturated rings. The van der Waals surface area contributed by atoms with Crippen LogP contribution in [0.4, 0.5) is 0 Å². The lowest BCUT2D eigenvalue weighted by atomic mass is 10.0. The molecule has 0 aliphatic heterocycles. The van der Waals surface area contributed by atoms with Gasteiger partial charge in [0.25, 0.3) is 0 Å². The van der Waals surface area contributed by atoms with Crippen LogP contribution in [0.1, 0.15) is 37.1 Å². The second kappa shape index (κ2) is 3.67. The van der Waals surface area contributed by atoms with Crippen LogP contribution in [0.3, 0.4) is 0 Å². The Balaban J connectivity index is 1.85. The molecule has 0 bridgehead atoms. The molecule has 78 valence electrons. The SMILES string of the molecule is Cc1ccsc1CNC(C)C1(C)CC1. The summed E-state index contributed by atoms with van der Waals surface area (Å²) in [5.74, 6) is 0. The molecule has 1 aromatic rings. The predicted molar refractivity (Wildman–Crippen MR) is 62.7 cm³/mol. The number of thiophene rings is 1. The van der Waals surface area contributed by atoms with E-state index in [9.17, 15) is 0 Å². The van der Waals surface area contributed by atoms with Gasteiger partial charge in [-0.2, -0.15) is 0 Å². The third kappa shape index (κ3) is 2.01. The number of aryl methyl sites for hydroxylation is 1. The molecule has 1 aromatic heterocycles. The normalized spacial score (nSPS) is 20.8. The molecule has 1 aliphatic rings. The van der Waals surface area contributed by atoms with Crippen molar-refractivity contribution in [3.8, 4) is 0 Å². The van der Waals surface area contributed by atoms with Gasteiger partial charge in [0.2, 0.25) is 0 Å². The predicted octanol–water partition coefficient (Wildman–Crippen LogP) is 3.33. The lowest BCUT2D eigenvalue weighted by Gasteiger charge is -2.20. The van der Waals surface area contributed by atoms with Gasteiger partial charge >= 0.3 is 0 Å². The zero-order valence-electron chi connectivity index (χ0n) is 9.26. The van der Waals surface area contributed by atoms with Crippen LogP contribution in [0.2, 0.25) is 0 Å². The Labute approximate surface area is 90.5 Å². The lowest BCUT2D eigenvalue weighted by molar-refractivity contribution is 0.381. The van der Waals surface area contributed by atoms with E-state index in [1.54, 1.807) is 0 Å². The molecule has 0 amide bonds. The maximum atomic E-state index is 3.64. The molecule has 0 saturated heterocycles. The van der Waals surface area contributed by atoms with E-state index in [1.165, 1.54) is 23.3 Å². The van der Waals surface area contributed by atoms with Crippen molar-refractivity contribution in [1.82, 2.24) is 5.32 Å². The molecule has 1 unspecified atom stereocenters. The summed E-state index contributed by atoms with van der Waals surface area (Å²) >= 11 is 1.86. The fraction of sp³-hybridized carbons (Fsp3) is 0.667. The van der Waals surface area contributed by atoms with Gasteiger partial charge in [-0.3, -0.25) is 0 Å². The molecule has 1 saturated carbocycles. The van der Waals surface area contributed by atoms with Crippen molar-refractivity contribution >= 4 is 11.3 Å². The van der Waals surface area contributed by atoms with Crippen LogP contribution < -0.4 is 5.32 Å². The number of nitrogens with one attached hydrogen (secondary N) is 1. The molecular formula is C12H19NS. The lowest BCUT2D eigenvalue weighted by Crippen LogP contribution is -2.32. The maximum absolute atomic E-state index is 3.64. The Morgan fingerprint density at radius 2 is 2.29 bits per heavy atom. The number of hydrogen-bond donors (Lipinski definition) is 1. The van der Waals surface area contributed by atoms with Crippen LogP contribution >= 0.6 is 11.3 Å². The molecule has 2 heteroatoms. The molecule has 1 nitrogen and oxygen atoms in total. The second-order valence-corrected chi connectivity index (χ2v) is 5.78. The summed E-state index contributed by atoms with van der Waals surface area (Å²) in [5, 5.41) is 5.82. The average Bonchev–Trinajstić information content (AvgIpc) is 2.77. The van der Waals surface area contributed by atoms with Gasteiger partial charge in [-0.05, 0) is 49.1 Å². The Bertz CT molecular complexity index is 312. The third-order valence-electron chi connectivity index (χ3n) is 3.62. The highest BCUT2D eigenvalue weighted by molar-refractivity contribution is 7.10. The van der Waals surface area contributed by atoms with Crippen LogP contribution in [-0.2, 0) is 6.54 Å². The van der Waals surface area contributed by atoms with Gasteiger partial charge < -0.3 is 5.32 Å². The van der Waals surface area contributed by atoms with Crippen molar-refractivity contribution in [2.75, 3.05) is 0 Å². The minimum absolute atomic E-state index is 0.588. The van der Waals surface area contributed by atoms with Crippen molar-refractivity contribution in [3.05, 3.63) is 21.9 Å². The third-order valence-corrected chi connectivity index (χ3v) is 4.64. The Hall–Kier alpha value is -0.340. The van der Waals surface area contributed by atoms with Crippen molar-refractivity contribution in [3.63, 3.8) is 0 Å². The quantitative estimate of drug-likeness (QED) is 0.802. The molecule has 1 atom stereocenters. The first-order valence-electron chi connectivity index (χ1n) is 5.38. The first-order valence-corrected chi connectivity index (χ1v) is 6.26. The number of rotatable bonds is 4. The summed E-state index contributed by atoms with van der Waals surface area (Å²) in [4.78, 5) is 1.49. The van der Waals surface area contributed by atoms with E-state index in [0.29, 0.717) is 11.5 Å². The highest BCUT2D eigenvalue weighted by Crippen LogP contribution is 2.48. The van der Waals surface area contributed by atoms with E-state index in [2.05, 4.69) is 37.5 Å². The minimum atomic E-state index is 0.588. The van der Waals surface area contributed by atoms with E-state index < -0.39 is 0 Å². The van der Waals surface area contributed by atoms with Gasteiger partial charge in [-0.25, -0.2) is 0 Å². The average molecular weight is 209 g/mol. The Morgan fingerprint density at radius 1 is 1.57 bits per heavy atom. The van der Waals surface area contributed by atoms with Crippen LogP contribution in [0.5, 0.6) is 0 Å². The summed E-state index contributed by atoms with van der Waals surface area (Å²) in [6.45, 7) is 7.93. The van der Waals surface area contributed by atoms with E-state index >= 15 is 0 Å². The maximum Gasteiger partial charge on any atom is 0.0305 e. The summed E-state index contributed by atoms with van der Waals surface area (Å²) < 4.78 is 0. The summed E-state index contributed by atoms with van der Waals surface area (Å²) in [6.07, 6.45) is 2.79. The van der Waals surface area contributed by atoms with Gasteiger partial charge in [0.15, 0.2) is 0 Å². The number of hydrogen-bond acceptors (Lipinski definition) is 2. The van der Waals surface area contributed by atoms with Crippen molar-refractivity contribution in [2.24, 2.45) is 5.41 Å². The van der Waals surface area contributed by atoms with Gasteiger partial charge in [0, 0.05) is 17.5 Å². The van der Waals surface area contributed by atoms with Crippen LogP contribution in [0.15, 0.2) is 11.4 Å². The van der Waals surface area contributed by atoms with E-state index in [-0.39, 0.29) is 0 Å². The minimum Gasteiger partial charge on any atom is -0.309 e. The fourth-order valence-electron chi connectivity index (χ4n) is 1.71. The standard InChI is InChI=1S/C12H19NS/c1-9-4-7-14-11(9)8-13-10(2)12(3)5-6-12/h4,7,10,13H,5-6,8H2,1-3H3. The molecule has 1 heterocycles. The topological polar surface area (TPSA) is 12.0 Å². The molecule has 0 spiro atoms. The van der Waals surface area contributed by atoms with E-state index in [4.69, 9.17) is 0 Å². The van der Waals surface area contributed by atoms with Crippen LogP contribution in [-0.4, -0.2) is 6.04 Å². The molecule has 1 aliphatic carbocycles. The van der Waals surface area contributed by atoms with Gasteiger partial charge in [-0.1, -0.05) is 6.92 Å². The van der Waals surface area contributed by atoms with Crippen molar-refractivity contribution in [2.45, 2.75) is 46.2 Å². The largest absolute Gasteiger partial charge is 0.309 e. The van der Waals surface area contributed by atoms with Crippen molar-refractivity contribution < 1.29 is 0 Å². The second-order valence-electron chi connectivity index (χ2n) is 4.78. The summed E-state index contributed by atoms with van der Waals surface area (Å²) in [6, 6.07) is 2.86. The molecule has 0 aromatic carbocycles. The molecule has 0 radical (unpaired) electrons. The van der Waals surface area contributed by atoms with Crippen molar-refractivity contribution in [1.29, 1.82) is 0 Å². The molecule has 2 rings (SSSR count). The highest BCUT2D eigenvalue weighted by Gasteiger charge is 2.42. The van der Waals surface area contributed by atoms with Crippen LogP contribution in [0.25, 0.3) is 0 Å². The zero-order chi connectivity index (χ0) is 10.2. The van der Waals surface area contributed by atoms with E-state index in [0.717, 1.165) is 6.54 Å². The van der Waals surface area contributed by atoms with Crippen LogP contribution in [0, 0.1) is 12.3 Å². The van der Waals surface area contributed by atoms with Gasteiger partial charge in [0.05, 0.1) is 0 Å². The summed E-state index contributed by atoms with van der Waals surface area (Å²) in [5.41, 5.74) is 2.01. The smallest absolute Gasteiger partial charge is 0.0305 e.